The average molecular weight is 378 g/mol. The Hall–Kier alpha value is -1.70. The number of nitrogens with one attached hydrogen (secondary N) is 1. The van der Waals surface area contributed by atoms with Crippen LogP contribution in [0.4, 0.5) is 0 Å². The highest BCUT2D eigenvalue weighted by Crippen LogP contribution is 2.25. The summed E-state index contributed by atoms with van der Waals surface area (Å²) in [6.07, 6.45) is 3.61. The van der Waals surface area contributed by atoms with Gasteiger partial charge in [-0.15, -0.1) is 11.3 Å². The van der Waals surface area contributed by atoms with Crippen LogP contribution in [0.2, 0.25) is 0 Å². The number of thiophene rings is 1. The number of rotatable bonds is 9. The zero-order valence-corrected chi connectivity index (χ0v) is 16.1. The van der Waals surface area contributed by atoms with Gasteiger partial charge in [0.2, 0.25) is 5.91 Å². The van der Waals surface area contributed by atoms with Crippen LogP contribution in [0, 0.1) is 5.92 Å². The van der Waals surface area contributed by atoms with Gasteiger partial charge in [-0.3, -0.25) is 4.79 Å². The van der Waals surface area contributed by atoms with E-state index in [-0.39, 0.29) is 19.1 Å². The molecular weight excluding hydrogens is 350 g/mol. The largest absolute Gasteiger partial charge is 0.365 e. The fourth-order valence-electron chi connectivity index (χ4n) is 3.23. The number of carbonyl (C=O) groups is 1. The van der Waals surface area contributed by atoms with Crippen LogP contribution in [-0.2, 0) is 16.1 Å². The van der Waals surface area contributed by atoms with Crippen LogP contribution in [-0.4, -0.2) is 48.7 Å². The Morgan fingerprint density at radius 1 is 1.54 bits per heavy atom. The number of hydrogen-bond acceptors (Lipinski definition) is 6. The van der Waals surface area contributed by atoms with E-state index in [0.29, 0.717) is 12.2 Å². The minimum atomic E-state index is -0.0843. The Morgan fingerprint density at radius 2 is 2.46 bits per heavy atom. The number of amides is 1. The molecule has 1 saturated heterocycles. The molecule has 1 N–H and O–H groups in total. The monoisotopic (exact) mass is 377 g/mol. The summed E-state index contributed by atoms with van der Waals surface area (Å²) in [5.74, 6) is 1.44. The van der Waals surface area contributed by atoms with E-state index in [4.69, 9.17) is 9.26 Å². The molecule has 1 atom stereocenters. The van der Waals surface area contributed by atoms with Crippen molar-refractivity contribution in [3.63, 3.8) is 0 Å². The van der Waals surface area contributed by atoms with E-state index in [0.717, 1.165) is 29.5 Å². The number of hydrogen-bond donors (Lipinski definition) is 1. The van der Waals surface area contributed by atoms with Crippen molar-refractivity contribution in [1.82, 2.24) is 15.4 Å². The normalized spacial score (nSPS) is 18.1. The predicted molar refractivity (Wildman–Crippen MR) is 102 cm³/mol. The van der Waals surface area contributed by atoms with Crippen molar-refractivity contribution < 1.29 is 14.1 Å². The van der Waals surface area contributed by atoms with Crippen LogP contribution in [0.1, 0.15) is 31.9 Å². The van der Waals surface area contributed by atoms with Crippen molar-refractivity contribution in [1.29, 1.82) is 0 Å². The lowest BCUT2D eigenvalue weighted by molar-refractivity contribution is -0.126. The molecule has 26 heavy (non-hydrogen) atoms. The molecule has 1 fully saturated rings. The van der Waals surface area contributed by atoms with Gasteiger partial charge in [-0.2, -0.15) is 0 Å². The van der Waals surface area contributed by atoms with Crippen LogP contribution < -0.4 is 5.32 Å². The van der Waals surface area contributed by atoms with Gasteiger partial charge in [0.15, 0.2) is 5.76 Å². The highest BCUT2D eigenvalue weighted by atomic mass is 32.1. The topological polar surface area (TPSA) is 67.6 Å². The molecule has 0 aliphatic carbocycles. The van der Waals surface area contributed by atoms with E-state index in [2.05, 4.69) is 22.3 Å². The average Bonchev–Trinajstić information content (AvgIpc) is 3.30. The quantitative estimate of drug-likeness (QED) is 0.680. The fraction of sp³-hybridized carbons (Fsp3) is 0.579. The number of aromatic nitrogens is 1. The SMILES string of the molecule is C[C@H]1CCCN(CCCNC(=O)COCc2cc(-c3cccs3)on2)C1. The molecule has 1 aliphatic heterocycles. The van der Waals surface area contributed by atoms with Crippen LogP contribution in [0.5, 0.6) is 0 Å². The van der Waals surface area contributed by atoms with E-state index in [1.54, 1.807) is 11.3 Å². The third-order valence-corrected chi connectivity index (χ3v) is 5.40. The van der Waals surface area contributed by atoms with Gasteiger partial charge in [0, 0.05) is 19.2 Å². The zero-order chi connectivity index (χ0) is 18.2. The van der Waals surface area contributed by atoms with Gasteiger partial charge in [0.25, 0.3) is 0 Å². The number of piperidine rings is 1. The van der Waals surface area contributed by atoms with E-state index < -0.39 is 0 Å². The molecule has 0 unspecified atom stereocenters. The molecule has 2 aromatic heterocycles. The number of carbonyl (C=O) groups excluding carboxylic acids is 1. The molecule has 1 amide bonds. The van der Waals surface area contributed by atoms with Gasteiger partial charge >= 0.3 is 0 Å². The summed E-state index contributed by atoms with van der Waals surface area (Å²) in [7, 11) is 0. The predicted octanol–water partition coefficient (Wildman–Crippen LogP) is 3.16. The van der Waals surface area contributed by atoms with Crippen LogP contribution in [0.3, 0.4) is 0 Å². The lowest BCUT2D eigenvalue weighted by Crippen LogP contribution is -2.37. The third-order valence-electron chi connectivity index (χ3n) is 4.52. The van der Waals surface area contributed by atoms with Gasteiger partial charge in [0.1, 0.15) is 12.3 Å². The maximum Gasteiger partial charge on any atom is 0.246 e. The molecule has 6 nitrogen and oxygen atoms in total. The van der Waals surface area contributed by atoms with Gasteiger partial charge < -0.3 is 19.5 Å². The second-order valence-corrected chi connectivity index (χ2v) is 7.85. The van der Waals surface area contributed by atoms with Gasteiger partial charge in [-0.25, -0.2) is 0 Å². The van der Waals surface area contributed by atoms with Crippen LogP contribution in [0.25, 0.3) is 10.6 Å². The molecule has 0 bridgehead atoms. The van der Waals surface area contributed by atoms with Crippen LogP contribution in [0.15, 0.2) is 28.1 Å². The summed E-state index contributed by atoms with van der Waals surface area (Å²) in [4.78, 5) is 15.4. The minimum absolute atomic E-state index is 0.0436. The summed E-state index contributed by atoms with van der Waals surface area (Å²) in [5, 5.41) is 8.88. The summed E-state index contributed by atoms with van der Waals surface area (Å²) in [5.41, 5.74) is 0.695. The molecule has 0 aromatic carbocycles. The molecule has 3 heterocycles. The summed E-state index contributed by atoms with van der Waals surface area (Å²) < 4.78 is 10.7. The third kappa shape index (κ3) is 5.93. The lowest BCUT2D eigenvalue weighted by atomic mass is 10.0. The van der Waals surface area contributed by atoms with Gasteiger partial charge in [-0.1, -0.05) is 18.1 Å². The van der Waals surface area contributed by atoms with E-state index in [1.165, 1.54) is 25.9 Å². The Labute approximate surface area is 158 Å². The fourth-order valence-corrected chi connectivity index (χ4v) is 3.91. The Balaban J connectivity index is 1.26. The molecule has 0 radical (unpaired) electrons. The summed E-state index contributed by atoms with van der Waals surface area (Å²) in [6.45, 7) is 6.74. The Kier molecular flexibility index (Phi) is 7.22. The maximum atomic E-state index is 11.8. The van der Waals surface area contributed by atoms with Crippen molar-refractivity contribution >= 4 is 17.2 Å². The summed E-state index contributed by atoms with van der Waals surface area (Å²) >= 11 is 1.60. The lowest BCUT2D eigenvalue weighted by Gasteiger charge is -2.30. The molecule has 2 aromatic rings. The van der Waals surface area contributed by atoms with E-state index in [9.17, 15) is 4.79 Å². The van der Waals surface area contributed by atoms with Crippen molar-refractivity contribution in [3.05, 3.63) is 29.3 Å². The summed E-state index contributed by atoms with van der Waals surface area (Å²) in [6, 6.07) is 5.80. The molecule has 0 saturated carbocycles. The second-order valence-electron chi connectivity index (χ2n) is 6.90. The van der Waals surface area contributed by atoms with E-state index in [1.807, 2.05) is 23.6 Å². The zero-order valence-electron chi connectivity index (χ0n) is 15.3. The maximum absolute atomic E-state index is 11.8. The van der Waals surface area contributed by atoms with Crippen molar-refractivity contribution in [2.45, 2.75) is 32.8 Å². The number of ether oxygens (including phenoxy) is 1. The van der Waals surface area contributed by atoms with E-state index >= 15 is 0 Å². The highest BCUT2D eigenvalue weighted by molar-refractivity contribution is 7.13. The molecule has 0 spiro atoms. The van der Waals surface area contributed by atoms with Crippen molar-refractivity contribution in [2.75, 3.05) is 32.8 Å². The standard InChI is InChI=1S/C19H27N3O3S/c1-15-5-2-8-22(12-15)9-4-7-20-19(23)14-24-13-16-11-17(25-21-16)18-6-3-10-26-18/h3,6,10-11,15H,2,4-5,7-9,12-14H2,1H3,(H,20,23)/t15-/m0/s1. The van der Waals surface area contributed by atoms with Crippen LogP contribution >= 0.6 is 11.3 Å². The first-order chi connectivity index (χ1) is 12.7. The molecule has 142 valence electrons. The first kappa shape index (κ1) is 19.1. The molecule has 1 aliphatic rings. The molecule has 7 heteroatoms. The smallest absolute Gasteiger partial charge is 0.246 e. The molecular formula is C19H27N3O3S. The Morgan fingerprint density at radius 3 is 3.27 bits per heavy atom. The first-order valence-corrected chi connectivity index (χ1v) is 10.1. The van der Waals surface area contributed by atoms with Crippen molar-refractivity contribution in [3.8, 4) is 10.6 Å². The minimum Gasteiger partial charge on any atom is -0.365 e. The Bertz CT molecular complexity index is 671. The first-order valence-electron chi connectivity index (χ1n) is 9.27. The number of nitrogens with zero attached hydrogens (tertiary/aromatic N) is 2. The van der Waals surface area contributed by atoms with Gasteiger partial charge in [-0.05, 0) is 49.7 Å². The van der Waals surface area contributed by atoms with Gasteiger partial charge in [0.05, 0.1) is 11.5 Å². The number of likely N-dealkylation sites (tertiary alicyclic amines) is 1. The van der Waals surface area contributed by atoms with Crippen molar-refractivity contribution in [2.24, 2.45) is 5.92 Å². The second kappa shape index (κ2) is 9.85. The molecule has 3 rings (SSSR count). The highest BCUT2D eigenvalue weighted by Gasteiger charge is 2.15.